The molecule has 0 radical (unpaired) electrons. The molecular weight excluding hydrogens is 321 g/mol. The van der Waals surface area contributed by atoms with Crippen molar-refractivity contribution in [3.8, 4) is 0 Å². The van der Waals surface area contributed by atoms with Gasteiger partial charge in [0.1, 0.15) is 0 Å². The molecule has 4 nitrogen and oxygen atoms in total. The molecule has 0 aliphatic carbocycles. The minimum absolute atomic E-state index is 0. The van der Waals surface area contributed by atoms with Crippen molar-refractivity contribution >= 4 is 30.7 Å². The zero-order valence-electron chi connectivity index (χ0n) is 13.7. The van der Waals surface area contributed by atoms with E-state index in [2.05, 4.69) is 36.2 Å². The Morgan fingerprint density at radius 3 is 2.14 bits per heavy atom. The van der Waals surface area contributed by atoms with Crippen LogP contribution in [0.15, 0.2) is 30.3 Å². The topological polar surface area (TPSA) is 35.6 Å². The molecule has 0 heterocycles. The molecule has 22 heavy (non-hydrogen) atoms. The zero-order valence-corrected chi connectivity index (χ0v) is 15.4. The predicted octanol–water partition coefficient (Wildman–Crippen LogP) is 2.42. The van der Waals surface area contributed by atoms with Gasteiger partial charge in [-0.2, -0.15) is 0 Å². The van der Waals surface area contributed by atoms with Gasteiger partial charge in [-0.1, -0.05) is 44.2 Å². The number of hydrogen-bond acceptors (Lipinski definition) is 3. The summed E-state index contributed by atoms with van der Waals surface area (Å²) in [6, 6.07) is 10.2. The van der Waals surface area contributed by atoms with E-state index in [1.54, 1.807) is 0 Å². The van der Waals surface area contributed by atoms with Crippen LogP contribution in [0, 0.1) is 0 Å². The number of carbonyl (C=O) groups excluding carboxylic acids is 1. The summed E-state index contributed by atoms with van der Waals surface area (Å²) < 4.78 is 0. The Bertz CT molecular complexity index is 386. The van der Waals surface area contributed by atoms with Crippen molar-refractivity contribution in [1.29, 1.82) is 0 Å². The van der Waals surface area contributed by atoms with Crippen molar-refractivity contribution in [2.45, 2.75) is 20.4 Å². The molecule has 1 amide bonds. The van der Waals surface area contributed by atoms with Crippen molar-refractivity contribution in [2.75, 3.05) is 39.8 Å². The normalized spacial score (nSPS) is 9.82. The Kier molecular flexibility index (Phi) is 14.7. The number of carbonyl (C=O) groups is 1. The van der Waals surface area contributed by atoms with Crippen molar-refractivity contribution in [1.82, 2.24) is 15.1 Å². The largest absolute Gasteiger partial charge is 0.336 e. The van der Waals surface area contributed by atoms with Gasteiger partial charge in [-0.3, -0.25) is 4.79 Å². The van der Waals surface area contributed by atoms with Crippen molar-refractivity contribution < 1.29 is 4.79 Å². The lowest BCUT2D eigenvalue weighted by molar-refractivity contribution is -0.131. The van der Waals surface area contributed by atoms with Crippen LogP contribution in [0.25, 0.3) is 0 Å². The van der Waals surface area contributed by atoms with Gasteiger partial charge in [-0.25, -0.2) is 0 Å². The van der Waals surface area contributed by atoms with E-state index >= 15 is 0 Å². The van der Waals surface area contributed by atoms with Crippen LogP contribution in [0.2, 0.25) is 0 Å². The molecule has 0 aromatic heterocycles. The third-order valence-electron chi connectivity index (χ3n) is 3.48. The molecule has 1 aromatic rings. The van der Waals surface area contributed by atoms with Gasteiger partial charge < -0.3 is 15.1 Å². The maximum Gasteiger partial charge on any atom is 0.236 e. The quantitative estimate of drug-likeness (QED) is 0.743. The fourth-order valence-electron chi connectivity index (χ4n) is 2.16. The third kappa shape index (κ3) is 8.59. The summed E-state index contributed by atoms with van der Waals surface area (Å²) >= 11 is 0. The van der Waals surface area contributed by atoms with Gasteiger partial charge >= 0.3 is 0 Å². The Balaban J connectivity index is 0. The molecule has 1 aromatic carbocycles. The second kappa shape index (κ2) is 13.8. The molecule has 6 heteroatoms. The number of nitrogens with one attached hydrogen (secondary N) is 1. The number of hydrogen-bond donors (Lipinski definition) is 1. The molecule has 0 aliphatic rings. The molecule has 0 atom stereocenters. The number of amides is 1. The molecule has 1 rings (SSSR count). The van der Waals surface area contributed by atoms with Gasteiger partial charge in [0.05, 0.1) is 6.54 Å². The minimum Gasteiger partial charge on any atom is -0.336 e. The standard InChI is InChI=1S/C16H27N3O.2ClH/c1-4-18(5-2)11-12-19(16(20)13-17-3)14-15-9-7-6-8-10-15;;/h6-10,17H,4-5,11-14H2,1-3H3;2*1H. The summed E-state index contributed by atoms with van der Waals surface area (Å²) in [5.41, 5.74) is 1.18. The van der Waals surface area contributed by atoms with Gasteiger partial charge in [-0.05, 0) is 25.7 Å². The van der Waals surface area contributed by atoms with E-state index in [-0.39, 0.29) is 30.7 Å². The van der Waals surface area contributed by atoms with Crippen LogP contribution in [0.3, 0.4) is 0 Å². The van der Waals surface area contributed by atoms with Gasteiger partial charge in [-0.15, -0.1) is 24.8 Å². The predicted molar refractivity (Wildman–Crippen MR) is 98.1 cm³/mol. The van der Waals surface area contributed by atoms with Gasteiger partial charge in [0.15, 0.2) is 0 Å². The summed E-state index contributed by atoms with van der Waals surface area (Å²) in [4.78, 5) is 16.5. The van der Waals surface area contributed by atoms with Crippen LogP contribution in [-0.2, 0) is 11.3 Å². The fraction of sp³-hybridized carbons (Fsp3) is 0.562. The van der Waals surface area contributed by atoms with Gasteiger partial charge in [0.2, 0.25) is 5.91 Å². The van der Waals surface area contributed by atoms with Crippen LogP contribution in [0.4, 0.5) is 0 Å². The molecule has 0 saturated carbocycles. The van der Waals surface area contributed by atoms with Crippen LogP contribution < -0.4 is 5.32 Å². The Morgan fingerprint density at radius 2 is 1.64 bits per heavy atom. The summed E-state index contributed by atoms with van der Waals surface area (Å²) in [6.07, 6.45) is 0. The molecule has 0 saturated heterocycles. The van der Waals surface area contributed by atoms with E-state index in [9.17, 15) is 4.79 Å². The Labute approximate surface area is 147 Å². The lowest BCUT2D eigenvalue weighted by Gasteiger charge is -2.26. The monoisotopic (exact) mass is 349 g/mol. The number of halogens is 2. The zero-order chi connectivity index (χ0) is 14.8. The highest BCUT2D eigenvalue weighted by atomic mass is 35.5. The third-order valence-corrected chi connectivity index (χ3v) is 3.48. The summed E-state index contributed by atoms with van der Waals surface area (Å²) in [7, 11) is 1.81. The van der Waals surface area contributed by atoms with Crippen molar-refractivity contribution in [3.63, 3.8) is 0 Å². The first-order chi connectivity index (χ1) is 9.71. The second-order valence-electron chi connectivity index (χ2n) is 4.86. The van der Waals surface area contributed by atoms with E-state index in [4.69, 9.17) is 0 Å². The van der Waals surface area contributed by atoms with Crippen molar-refractivity contribution in [2.24, 2.45) is 0 Å². The highest BCUT2D eigenvalue weighted by Gasteiger charge is 2.14. The van der Waals surface area contributed by atoms with Crippen molar-refractivity contribution in [3.05, 3.63) is 35.9 Å². The maximum atomic E-state index is 12.2. The first-order valence-corrected chi connectivity index (χ1v) is 7.39. The number of rotatable bonds is 9. The average Bonchev–Trinajstić information content (AvgIpc) is 2.48. The Morgan fingerprint density at radius 1 is 1.05 bits per heavy atom. The van der Waals surface area contributed by atoms with E-state index in [0.29, 0.717) is 13.1 Å². The average molecular weight is 350 g/mol. The molecule has 0 unspecified atom stereocenters. The molecule has 0 spiro atoms. The first kappa shape index (κ1) is 23.5. The summed E-state index contributed by atoms with van der Waals surface area (Å²) in [5.74, 6) is 0.156. The van der Waals surface area contributed by atoms with Crippen LogP contribution in [0.5, 0.6) is 0 Å². The summed E-state index contributed by atoms with van der Waals surface area (Å²) in [5, 5.41) is 2.94. The summed E-state index contributed by atoms with van der Waals surface area (Å²) in [6.45, 7) is 9.13. The van der Waals surface area contributed by atoms with E-state index < -0.39 is 0 Å². The lowest BCUT2D eigenvalue weighted by Crippen LogP contribution is -2.41. The lowest BCUT2D eigenvalue weighted by atomic mass is 10.2. The fourth-order valence-corrected chi connectivity index (χ4v) is 2.16. The van der Waals surface area contributed by atoms with Gasteiger partial charge in [0, 0.05) is 19.6 Å². The molecule has 0 aliphatic heterocycles. The van der Waals surface area contributed by atoms with E-state index in [1.165, 1.54) is 5.56 Å². The maximum absolute atomic E-state index is 12.2. The Hall–Kier alpha value is -0.810. The SMILES string of the molecule is CCN(CC)CCN(Cc1ccccc1)C(=O)CNC.Cl.Cl. The molecule has 1 N–H and O–H groups in total. The van der Waals surface area contributed by atoms with Gasteiger partial charge in [0.25, 0.3) is 0 Å². The molecule has 128 valence electrons. The number of benzene rings is 1. The second-order valence-corrected chi connectivity index (χ2v) is 4.86. The highest BCUT2D eigenvalue weighted by molar-refractivity contribution is 5.85. The smallest absolute Gasteiger partial charge is 0.236 e. The van der Waals surface area contributed by atoms with E-state index in [1.807, 2.05) is 30.1 Å². The molecule has 0 bridgehead atoms. The minimum atomic E-state index is 0. The van der Waals surface area contributed by atoms with Crippen LogP contribution >= 0.6 is 24.8 Å². The molecular formula is C16H29Cl2N3O. The number of likely N-dealkylation sites (N-methyl/N-ethyl adjacent to an activating group) is 2. The van der Waals surface area contributed by atoms with Crippen LogP contribution in [0.1, 0.15) is 19.4 Å². The van der Waals surface area contributed by atoms with Crippen LogP contribution in [-0.4, -0.2) is 55.5 Å². The van der Waals surface area contributed by atoms with E-state index in [0.717, 1.165) is 26.2 Å². The molecule has 0 fully saturated rings. The first-order valence-electron chi connectivity index (χ1n) is 7.39. The highest BCUT2D eigenvalue weighted by Crippen LogP contribution is 2.05. The number of nitrogens with zero attached hydrogens (tertiary/aromatic N) is 2.